The lowest BCUT2D eigenvalue weighted by Gasteiger charge is -2.23. The average Bonchev–Trinajstić information content (AvgIpc) is 2.63. The minimum atomic E-state index is 0.0994. The van der Waals surface area contributed by atoms with E-state index in [-0.39, 0.29) is 12.6 Å². The Morgan fingerprint density at radius 2 is 1.86 bits per heavy atom. The number of hydrogen-bond donors (Lipinski definition) is 2. The van der Waals surface area contributed by atoms with Gasteiger partial charge in [-0.05, 0) is 11.1 Å². The Labute approximate surface area is 84.1 Å². The Morgan fingerprint density at radius 1 is 1.29 bits per heavy atom. The van der Waals surface area contributed by atoms with Crippen molar-refractivity contribution in [2.45, 2.75) is 19.1 Å². The second kappa shape index (κ2) is 4.09. The summed E-state index contributed by atoms with van der Waals surface area (Å²) in [4.78, 5) is 2.23. The molecule has 1 aliphatic heterocycles. The van der Waals surface area contributed by atoms with Crippen LogP contribution in [0.2, 0.25) is 0 Å². The first-order valence-corrected chi connectivity index (χ1v) is 4.97. The second-order valence-electron chi connectivity index (χ2n) is 3.75. The number of hydrogen-bond acceptors (Lipinski definition) is 3. The molecule has 2 rings (SSSR count). The lowest BCUT2D eigenvalue weighted by molar-refractivity contribution is 0.127. The third kappa shape index (κ3) is 1.66. The van der Waals surface area contributed by atoms with Crippen molar-refractivity contribution in [1.29, 1.82) is 0 Å². The van der Waals surface area contributed by atoms with Crippen LogP contribution in [0.5, 0.6) is 0 Å². The molecular weight excluding hydrogens is 176 g/mol. The molecule has 0 aromatic heterocycles. The van der Waals surface area contributed by atoms with Gasteiger partial charge in [0.05, 0.1) is 6.61 Å². The van der Waals surface area contributed by atoms with E-state index in [2.05, 4.69) is 29.2 Å². The maximum absolute atomic E-state index is 9.14. The number of nitrogens with zero attached hydrogens (tertiary/aromatic N) is 1. The normalized spacial score (nSPS) is 18.1. The highest BCUT2D eigenvalue weighted by Gasteiger charge is 2.23. The van der Waals surface area contributed by atoms with E-state index in [1.807, 2.05) is 0 Å². The van der Waals surface area contributed by atoms with Crippen molar-refractivity contribution >= 4 is 0 Å². The van der Waals surface area contributed by atoms with Crippen LogP contribution < -0.4 is 5.73 Å². The van der Waals surface area contributed by atoms with E-state index in [0.717, 1.165) is 13.1 Å². The van der Waals surface area contributed by atoms with Crippen molar-refractivity contribution in [3.63, 3.8) is 0 Å². The van der Waals surface area contributed by atoms with E-state index in [4.69, 9.17) is 10.8 Å². The predicted molar refractivity (Wildman–Crippen MR) is 55.6 cm³/mol. The third-order valence-corrected chi connectivity index (χ3v) is 2.86. The van der Waals surface area contributed by atoms with Crippen LogP contribution in [0.4, 0.5) is 0 Å². The highest BCUT2D eigenvalue weighted by Crippen LogP contribution is 2.23. The molecule has 1 heterocycles. The van der Waals surface area contributed by atoms with Crippen molar-refractivity contribution in [3.8, 4) is 0 Å². The highest BCUT2D eigenvalue weighted by atomic mass is 16.3. The van der Waals surface area contributed by atoms with E-state index in [1.54, 1.807) is 0 Å². The van der Waals surface area contributed by atoms with Crippen LogP contribution in [-0.4, -0.2) is 29.2 Å². The van der Waals surface area contributed by atoms with Gasteiger partial charge in [0.2, 0.25) is 0 Å². The van der Waals surface area contributed by atoms with Gasteiger partial charge in [-0.25, -0.2) is 0 Å². The van der Waals surface area contributed by atoms with Gasteiger partial charge in [0.25, 0.3) is 0 Å². The number of rotatable bonds is 3. The quantitative estimate of drug-likeness (QED) is 0.725. The van der Waals surface area contributed by atoms with Gasteiger partial charge < -0.3 is 10.8 Å². The third-order valence-electron chi connectivity index (χ3n) is 2.86. The molecule has 1 atom stereocenters. The minimum absolute atomic E-state index is 0.0994. The van der Waals surface area contributed by atoms with Crippen LogP contribution in [0.1, 0.15) is 11.1 Å². The summed E-state index contributed by atoms with van der Waals surface area (Å²) in [6.45, 7) is 2.49. The molecule has 1 aliphatic rings. The summed E-state index contributed by atoms with van der Waals surface area (Å²) in [5, 5.41) is 9.14. The van der Waals surface area contributed by atoms with Crippen LogP contribution in [-0.2, 0) is 13.1 Å². The summed E-state index contributed by atoms with van der Waals surface area (Å²) in [6, 6.07) is 8.49. The van der Waals surface area contributed by atoms with E-state index >= 15 is 0 Å². The van der Waals surface area contributed by atoms with Crippen molar-refractivity contribution in [1.82, 2.24) is 4.90 Å². The molecule has 3 nitrogen and oxygen atoms in total. The Kier molecular flexibility index (Phi) is 2.82. The van der Waals surface area contributed by atoms with Crippen LogP contribution in [0.3, 0.4) is 0 Å². The maximum atomic E-state index is 9.14. The van der Waals surface area contributed by atoms with E-state index in [1.165, 1.54) is 11.1 Å². The van der Waals surface area contributed by atoms with Crippen LogP contribution in [0.15, 0.2) is 24.3 Å². The first kappa shape index (κ1) is 9.65. The van der Waals surface area contributed by atoms with E-state index in [0.29, 0.717) is 6.54 Å². The van der Waals surface area contributed by atoms with Crippen LogP contribution in [0, 0.1) is 0 Å². The van der Waals surface area contributed by atoms with Gasteiger partial charge in [0.15, 0.2) is 0 Å². The largest absolute Gasteiger partial charge is 0.395 e. The molecule has 1 aromatic carbocycles. The van der Waals surface area contributed by atoms with Crippen molar-refractivity contribution in [2.75, 3.05) is 13.2 Å². The van der Waals surface area contributed by atoms with Gasteiger partial charge in [0, 0.05) is 25.7 Å². The molecule has 0 radical (unpaired) electrons. The van der Waals surface area contributed by atoms with Gasteiger partial charge in [-0.3, -0.25) is 4.90 Å². The molecule has 1 unspecified atom stereocenters. The molecule has 0 saturated carbocycles. The fourth-order valence-electron chi connectivity index (χ4n) is 1.96. The van der Waals surface area contributed by atoms with E-state index < -0.39 is 0 Å². The summed E-state index contributed by atoms with van der Waals surface area (Å²) >= 11 is 0. The van der Waals surface area contributed by atoms with E-state index in [9.17, 15) is 0 Å². The van der Waals surface area contributed by atoms with Gasteiger partial charge in [-0.2, -0.15) is 0 Å². The molecule has 1 aromatic rings. The SMILES string of the molecule is NCC(CO)N1Cc2ccccc2C1. The molecule has 0 saturated heterocycles. The molecule has 76 valence electrons. The number of benzene rings is 1. The van der Waals surface area contributed by atoms with Gasteiger partial charge >= 0.3 is 0 Å². The molecule has 0 amide bonds. The fraction of sp³-hybridized carbons (Fsp3) is 0.455. The summed E-state index contributed by atoms with van der Waals surface area (Å²) < 4.78 is 0. The lowest BCUT2D eigenvalue weighted by atomic mass is 10.1. The zero-order chi connectivity index (χ0) is 9.97. The molecule has 3 heteroatoms. The molecule has 0 bridgehead atoms. The summed E-state index contributed by atoms with van der Waals surface area (Å²) in [5.74, 6) is 0. The van der Waals surface area contributed by atoms with Crippen LogP contribution in [0.25, 0.3) is 0 Å². The molecule has 0 aliphatic carbocycles. The number of nitrogens with two attached hydrogens (primary N) is 1. The maximum Gasteiger partial charge on any atom is 0.0599 e. The molecule has 0 spiro atoms. The monoisotopic (exact) mass is 192 g/mol. The zero-order valence-electron chi connectivity index (χ0n) is 8.19. The average molecular weight is 192 g/mol. The molecule has 0 fully saturated rings. The lowest BCUT2D eigenvalue weighted by Crippen LogP contribution is -2.39. The summed E-state index contributed by atoms with van der Waals surface area (Å²) in [6.07, 6.45) is 0. The molecule has 14 heavy (non-hydrogen) atoms. The second-order valence-corrected chi connectivity index (χ2v) is 3.75. The van der Waals surface area contributed by atoms with Gasteiger partial charge in [-0.1, -0.05) is 24.3 Å². The van der Waals surface area contributed by atoms with Crippen molar-refractivity contribution in [2.24, 2.45) is 5.73 Å². The van der Waals surface area contributed by atoms with Gasteiger partial charge in [-0.15, -0.1) is 0 Å². The summed E-state index contributed by atoms with van der Waals surface area (Å²) in [7, 11) is 0. The molecular formula is C11H16N2O. The van der Waals surface area contributed by atoms with Gasteiger partial charge in [0.1, 0.15) is 0 Å². The van der Waals surface area contributed by atoms with Crippen LogP contribution >= 0.6 is 0 Å². The minimum Gasteiger partial charge on any atom is -0.395 e. The van der Waals surface area contributed by atoms with Crippen molar-refractivity contribution in [3.05, 3.63) is 35.4 Å². The smallest absolute Gasteiger partial charge is 0.0599 e. The highest BCUT2D eigenvalue weighted by molar-refractivity contribution is 5.30. The number of fused-ring (bicyclic) bond motifs is 1. The Hall–Kier alpha value is -0.900. The first-order valence-electron chi connectivity index (χ1n) is 4.97. The topological polar surface area (TPSA) is 49.5 Å². The number of aliphatic hydroxyl groups excluding tert-OH is 1. The summed E-state index contributed by atoms with van der Waals surface area (Å²) in [5.41, 5.74) is 8.32. The zero-order valence-corrected chi connectivity index (χ0v) is 8.19. The Morgan fingerprint density at radius 3 is 2.29 bits per heavy atom. The number of aliphatic hydroxyl groups is 1. The Balaban J connectivity index is 2.11. The standard InChI is InChI=1S/C11H16N2O/c12-5-11(8-14)13-6-9-3-1-2-4-10(9)7-13/h1-4,11,14H,5-8,12H2. The predicted octanol–water partition coefficient (Wildman–Crippen LogP) is 0.322. The van der Waals surface area contributed by atoms with Crippen molar-refractivity contribution < 1.29 is 5.11 Å². The first-order chi connectivity index (χ1) is 6.85. The Bertz CT molecular complexity index is 285. The fourth-order valence-corrected chi connectivity index (χ4v) is 1.96. The molecule has 3 N–H and O–H groups in total.